The van der Waals surface area contributed by atoms with Crippen LogP contribution in [-0.4, -0.2) is 17.1 Å². The number of anilines is 1. The second-order valence-corrected chi connectivity index (χ2v) is 5.29. The van der Waals surface area contributed by atoms with Crippen molar-refractivity contribution < 1.29 is 4.79 Å². The fourth-order valence-electron chi connectivity index (χ4n) is 2.01. The van der Waals surface area contributed by atoms with Gasteiger partial charge < -0.3 is 5.32 Å². The maximum absolute atomic E-state index is 11.6. The molecule has 0 radical (unpaired) electrons. The Kier molecular flexibility index (Phi) is 3.77. The molecule has 0 spiro atoms. The zero-order chi connectivity index (χ0) is 11.4. The summed E-state index contributed by atoms with van der Waals surface area (Å²) in [5.74, 6) is 0.806. The molecule has 5 heteroatoms. The Balaban J connectivity index is 1.75. The minimum Gasteiger partial charge on any atom is -0.335 e. The lowest BCUT2D eigenvalue weighted by Gasteiger charge is -2.26. The van der Waals surface area contributed by atoms with Crippen molar-refractivity contribution >= 4 is 22.5 Å². The summed E-state index contributed by atoms with van der Waals surface area (Å²) in [4.78, 5) is 15.6. The van der Waals surface area contributed by atoms with Crippen molar-refractivity contribution in [2.24, 2.45) is 5.92 Å². The number of rotatable bonds is 2. The summed E-state index contributed by atoms with van der Waals surface area (Å²) in [5, 5.41) is 8.23. The molecule has 0 aliphatic heterocycles. The van der Waals surface area contributed by atoms with Crippen LogP contribution in [-0.2, 0) is 0 Å². The highest BCUT2D eigenvalue weighted by Crippen LogP contribution is 2.23. The molecule has 2 rings (SSSR count). The molecule has 2 N–H and O–H groups in total. The number of carbonyl (C=O) groups is 1. The number of thiazole rings is 1. The predicted molar refractivity (Wildman–Crippen MR) is 65.7 cm³/mol. The van der Waals surface area contributed by atoms with E-state index in [9.17, 15) is 4.79 Å². The summed E-state index contributed by atoms with van der Waals surface area (Å²) in [6, 6.07) is 0.200. The van der Waals surface area contributed by atoms with Gasteiger partial charge in [0.1, 0.15) is 0 Å². The van der Waals surface area contributed by atoms with Gasteiger partial charge >= 0.3 is 6.03 Å². The maximum atomic E-state index is 11.6. The van der Waals surface area contributed by atoms with E-state index in [0.29, 0.717) is 11.2 Å². The van der Waals surface area contributed by atoms with Crippen molar-refractivity contribution in [1.29, 1.82) is 0 Å². The zero-order valence-electron chi connectivity index (χ0n) is 9.40. The molecule has 1 aromatic heterocycles. The van der Waals surface area contributed by atoms with Crippen molar-refractivity contribution in [2.45, 2.75) is 38.6 Å². The van der Waals surface area contributed by atoms with Crippen LogP contribution < -0.4 is 10.6 Å². The van der Waals surface area contributed by atoms with Gasteiger partial charge in [-0.25, -0.2) is 9.78 Å². The standard InChI is InChI=1S/C11H17N3OS/c1-8-2-4-9(5-3-8)13-10(15)14-11-12-6-7-16-11/h6-9H,2-5H2,1H3,(H2,12,13,14,15). The van der Waals surface area contributed by atoms with E-state index in [0.717, 1.165) is 18.8 Å². The summed E-state index contributed by atoms with van der Waals surface area (Å²) in [7, 11) is 0. The number of nitrogens with one attached hydrogen (secondary N) is 2. The van der Waals surface area contributed by atoms with Gasteiger partial charge in [-0.1, -0.05) is 6.92 Å². The van der Waals surface area contributed by atoms with Crippen LogP contribution >= 0.6 is 11.3 Å². The number of amides is 2. The first-order valence-electron chi connectivity index (χ1n) is 5.71. The Labute approximate surface area is 99.5 Å². The molecular weight excluding hydrogens is 222 g/mol. The van der Waals surface area contributed by atoms with Gasteiger partial charge in [-0.15, -0.1) is 11.3 Å². The van der Waals surface area contributed by atoms with Crippen LogP contribution in [0.25, 0.3) is 0 Å². The molecule has 16 heavy (non-hydrogen) atoms. The van der Waals surface area contributed by atoms with Gasteiger partial charge in [0.2, 0.25) is 0 Å². The first-order chi connectivity index (χ1) is 7.74. The van der Waals surface area contributed by atoms with Crippen LogP contribution in [0.3, 0.4) is 0 Å². The zero-order valence-corrected chi connectivity index (χ0v) is 10.2. The van der Waals surface area contributed by atoms with Crippen molar-refractivity contribution in [3.05, 3.63) is 11.6 Å². The molecule has 4 nitrogen and oxygen atoms in total. The fraction of sp³-hybridized carbons (Fsp3) is 0.636. The second-order valence-electron chi connectivity index (χ2n) is 4.39. The molecule has 2 amide bonds. The van der Waals surface area contributed by atoms with E-state index in [2.05, 4.69) is 22.5 Å². The van der Waals surface area contributed by atoms with Crippen LogP contribution in [0.5, 0.6) is 0 Å². The highest BCUT2D eigenvalue weighted by molar-refractivity contribution is 7.13. The van der Waals surface area contributed by atoms with Crippen LogP contribution in [0.4, 0.5) is 9.93 Å². The highest BCUT2D eigenvalue weighted by atomic mass is 32.1. The lowest BCUT2D eigenvalue weighted by atomic mass is 9.87. The molecule has 0 atom stereocenters. The van der Waals surface area contributed by atoms with E-state index in [1.54, 1.807) is 6.20 Å². The topological polar surface area (TPSA) is 54.0 Å². The Morgan fingerprint density at radius 1 is 1.44 bits per heavy atom. The van der Waals surface area contributed by atoms with Gasteiger partial charge in [-0.3, -0.25) is 5.32 Å². The Bertz CT molecular complexity index is 331. The molecule has 1 heterocycles. The summed E-state index contributed by atoms with van der Waals surface area (Å²) in [6.07, 6.45) is 6.28. The Morgan fingerprint density at radius 2 is 2.19 bits per heavy atom. The monoisotopic (exact) mass is 239 g/mol. The van der Waals surface area contributed by atoms with Gasteiger partial charge in [0.05, 0.1) is 0 Å². The first-order valence-corrected chi connectivity index (χ1v) is 6.59. The van der Waals surface area contributed by atoms with E-state index >= 15 is 0 Å². The number of hydrogen-bond acceptors (Lipinski definition) is 3. The van der Waals surface area contributed by atoms with Gasteiger partial charge in [0.25, 0.3) is 0 Å². The number of urea groups is 1. The number of carbonyl (C=O) groups excluding carboxylic acids is 1. The molecule has 1 aliphatic rings. The fourth-order valence-corrected chi connectivity index (χ4v) is 2.53. The normalized spacial score (nSPS) is 25.1. The van der Waals surface area contributed by atoms with E-state index in [1.165, 1.54) is 24.2 Å². The van der Waals surface area contributed by atoms with Gasteiger partial charge in [0, 0.05) is 17.6 Å². The van der Waals surface area contributed by atoms with Gasteiger partial charge in [-0.05, 0) is 31.6 Å². The molecule has 1 aromatic rings. The number of hydrogen-bond donors (Lipinski definition) is 2. The van der Waals surface area contributed by atoms with Gasteiger partial charge in [0.15, 0.2) is 5.13 Å². The summed E-state index contributed by atoms with van der Waals surface area (Å²) >= 11 is 1.43. The quantitative estimate of drug-likeness (QED) is 0.833. The largest absolute Gasteiger partial charge is 0.335 e. The smallest absolute Gasteiger partial charge is 0.321 e. The Hall–Kier alpha value is -1.10. The van der Waals surface area contributed by atoms with E-state index in [-0.39, 0.29) is 6.03 Å². The predicted octanol–water partition coefficient (Wildman–Crippen LogP) is 2.84. The summed E-state index contributed by atoms with van der Waals surface area (Å²) < 4.78 is 0. The summed E-state index contributed by atoms with van der Waals surface area (Å²) in [6.45, 7) is 2.27. The van der Waals surface area contributed by atoms with E-state index in [1.807, 2.05) is 5.38 Å². The van der Waals surface area contributed by atoms with Crippen LogP contribution in [0, 0.1) is 5.92 Å². The molecule has 1 fully saturated rings. The van der Waals surface area contributed by atoms with E-state index in [4.69, 9.17) is 0 Å². The van der Waals surface area contributed by atoms with Crippen LogP contribution in [0.15, 0.2) is 11.6 Å². The van der Waals surface area contributed by atoms with Crippen molar-refractivity contribution in [3.63, 3.8) is 0 Å². The molecule has 1 saturated carbocycles. The summed E-state index contributed by atoms with van der Waals surface area (Å²) in [5.41, 5.74) is 0. The minimum atomic E-state index is -0.130. The molecule has 0 saturated heterocycles. The SMILES string of the molecule is CC1CCC(NC(=O)Nc2nccs2)CC1. The molecule has 0 bridgehead atoms. The lowest BCUT2D eigenvalue weighted by molar-refractivity contribution is 0.239. The third-order valence-corrected chi connectivity index (χ3v) is 3.69. The average molecular weight is 239 g/mol. The number of aromatic nitrogens is 1. The van der Waals surface area contributed by atoms with Gasteiger partial charge in [-0.2, -0.15) is 0 Å². The molecular formula is C11H17N3OS. The minimum absolute atomic E-state index is 0.130. The number of nitrogens with zero attached hydrogens (tertiary/aromatic N) is 1. The van der Waals surface area contributed by atoms with Crippen LogP contribution in [0.1, 0.15) is 32.6 Å². The highest BCUT2D eigenvalue weighted by Gasteiger charge is 2.19. The van der Waals surface area contributed by atoms with Crippen LogP contribution in [0.2, 0.25) is 0 Å². The first kappa shape index (κ1) is 11.4. The van der Waals surface area contributed by atoms with Crippen molar-refractivity contribution in [2.75, 3.05) is 5.32 Å². The van der Waals surface area contributed by atoms with Crippen molar-refractivity contribution in [1.82, 2.24) is 10.3 Å². The molecule has 88 valence electrons. The average Bonchev–Trinajstić information content (AvgIpc) is 2.74. The molecule has 0 aromatic carbocycles. The third-order valence-electron chi connectivity index (χ3n) is 3.00. The maximum Gasteiger partial charge on any atom is 0.321 e. The third kappa shape index (κ3) is 3.20. The van der Waals surface area contributed by atoms with E-state index < -0.39 is 0 Å². The molecule has 0 unspecified atom stereocenters. The second kappa shape index (κ2) is 5.30. The lowest BCUT2D eigenvalue weighted by Crippen LogP contribution is -2.39. The van der Waals surface area contributed by atoms with Crippen molar-refractivity contribution in [3.8, 4) is 0 Å². The Morgan fingerprint density at radius 3 is 2.81 bits per heavy atom. The molecule has 1 aliphatic carbocycles.